The Morgan fingerprint density at radius 2 is 2.10 bits per heavy atom. The fraction of sp³-hybridized carbons (Fsp3) is 0.500. The van der Waals surface area contributed by atoms with Gasteiger partial charge in [-0.15, -0.1) is 11.6 Å². The van der Waals surface area contributed by atoms with Gasteiger partial charge in [0.1, 0.15) is 0 Å². The summed E-state index contributed by atoms with van der Waals surface area (Å²) in [7, 11) is 0. The number of benzene rings is 1. The van der Waals surface area contributed by atoms with E-state index >= 15 is 0 Å². The Morgan fingerprint density at radius 1 is 1.43 bits per heavy atom. The van der Waals surface area contributed by atoms with Crippen LogP contribution < -0.4 is 5.32 Å². The van der Waals surface area contributed by atoms with Crippen LogP contribution in [-0.2, 0) is 6.18 Å². The highest BCUT2D eigenvalue weighted by molar-refractivity contribution is 9.10. The molecule has 0 fully saturated rings. The molecule has 0 aliphatic carbocycles. The zero-order chi connectivity index (χ0) is 16.0. The minimum atomic E-state index is -4.50. The Balaban J connectivity index is 2.63. The molecule has 0 radical (unpaired) electrons. The fourth-order valence-electron chi connectivity index (χ4n) is 1.72. The zero-order valence-corrected chi connectivity index (χ0v) is 13.8. The smallest absolute Gasteiger partial charge is 0.352 e. The molecule has 21 heavy (non-hydrogen) atoms. The van der Waals surface area contributed by atoms with Crippen LogP contribution in [0, 0.1) is 5.92 Å². The molecule has 0 aliphatic heterocycles. The molecule has 1 aromatic rings. The van der Waals surface area contributed by atoms with Crippen LogP contribution >= 0.6 is 27.5 Å². The monoisotopic (exact) mass is 385 g/mol. The zero-order valence-electron chi connectivity index (χ0n) is 11.4. The lowest BCUT2D eigenvalue weighted by Crippen LogP contribution is -2.25. The van der Waals surface area contributed by atoms with Crippen LogP contribution in [0.5, 0.6) is 0 Å². The minimum Gasteiger partial charge on any atom is -0.352 e. The lowest BCUT2D eigenvalue weighted by atomic mass is 10.1. The minimum absolute atomic E-state index is 0.00378. The summed E-state index contributed by atoms with van der Waals surface area (Å²) in [4.78, 5) is 11.8. The summed E-state index contributed by atoms with van der Waals surface area (Å²) in [6, 6.07) is 3.43. The summed E-state index contributed by atoms with van der Waals surface area (Å²) in [5, 5.41) is 2.61. The maximum absolute atomic E-state index is 12.8. The van der Waals surface area contributed by atoms with E-state index in [1.54, 1.807) is 0 Å². The first kappa shape index (κ1) is 18.3. The van der Waals surface area contributed by atoms with Crippen molar-refractivity contribution in [1.29, 1.82) is 0 Å². The Bertz CT molecular complexity index is 494. The van der Waals surface area contributed by atoms with Crippen LogP contribution in [0.2, 0.25) is 0 Å². The van der Waals surface area contributed by atoms with E-state index in [0.29, 0.717) is 18.3 Å². The first-order chi connectivity index (χ1) is 9.75. The molecule has 118 valence electrons. The van der Waals surface area contributed by atoms with Crippen LogP contribution in [0.15, 0.2) is 22.7 Å². The molecule has 2 nitrogen and oxygen atoms in total. The van der Waals surface area contributed by atoms with Gasteiger partial charge in [0.15, 0.2) is 0 Å². The number of nitrogens with one attached hydrogen (secondary N) is 1. The van der Waals surface area contributed by atoms with Crippen LogP contribution in [0.3, 0.4) is 0 Å². The second-order valence-electron chi connectivity index (χ2n) is 4.85. The van der Waals surface area contributed by atoms with Gasteiger partial charge < -0.3 is 5.32 Å². The van der Waals surface area contributed by atoms with Crippen LogP contribution in [0.4, 0.5) is 13.2 Å². The molecule has 0 heterocycles. The van der Waals surface area contributed by atoms with Crippen molar-refractivity contribution in [2.45, 2.75) is 25.9 Å². The third-order valence-corrected chi connectivity index (χ3v) is 4.17. The third kappa shape index (κ3) is 5.87. The molecule has 0 aliphatic rings. The van der Waals surface area contributed by atoms with Gasteiger partial charge in [-0.05, 0) is 37.0 Å². The summed E-state index contributed by atoms with van der Waals surface area (Å²) < 4.78 is 38.2. The van der Waals surface area contributed by atoms with Gasteiger partial charge in [0.2, 0.25) is 0 Å². The second-order valence-corrected chi connectivity index (χ2v) is 6.01. The maximum Gasteiger partial charge on any atom is 0.417 e. The average Bonchev–Trinajstić information content (AvgIpc) is 2.42. The van der Waals surface area contributed by atoms with Crippen molar-refractivity contribution >= 4 is 33.4 Å². The lowest BCUT2D eigenvalue weighted by molar-refractivity contribution is -0.138. The fourth-order valence-corrected chi connectivity index (χ4v) is 2.34. The van der Waals surface area contributed by atoms with E-state index < -0.39 is 17.6 Å². The van der Waals surface area contributed by atoms with Crippen molar-refractivity contribution in [1.82, 2.24) is 5.32 Å². The molecule has 1 amide bonds. The Morgan fingerprint density at radius 3 is 2.67 bits per heavy atom. The van der Waals surface area contributed by atoms with E-state index in [4.69, 9.17) is 11.6 Å². The van der Waals surface area contributed by atoms with Gasteiger partial charge in [0.05, 0.1) is 5.56 Å². The molecule has 0 spiro atoms. The van der Waals surface area contributed by atoms with Gasteiger partial charge in [-0.1, -0.05) is 22.9 Å². The first-order valence-electron chi connectivity index (χ1n) is 6.46. The molecule has 1 unspecified atom stereocenters. The normalized spacial score (nSPS) is 13.0. The van der Waals surface area contributed by atoms with E-state index in [0.717, 1.165) is 18.9 Å². The molecule has 1 rings (SSSR count). The topological polar surface area (TPSA) is 29.1 Å². The highest BCUT2D eigenvalue weighted by Crippen LogP contribution is 2.35. The highest BCUT2D eigenvalue weighted by Gasteiger charge is 2.33. The predicted molar refractivity (Wildman–Crippen MR) is 80.6 cm³/mol. The molecule has 0 aromatic heterocycles. The molecule has 0 bridgehead atoms. The molecule has 7 heteroatoms. The molecular formula is C14H16BrClF3NO. The second kappa shape index (κ2) is 8.03. The van der Waals surface area contributed by atoms with E-state index in [1.165, 1.54) is 12.1 Å². The van der Waals surface area contributed by atoms with Crippen molar-refractivity contribution < 1.29 is 18.0 Å². The molecule has 1 N–H and O–H groups in total. The van der Waals surface area contributed by atoms with Crippen LogP contribution in [0.1, 0.15) is 35.7 Å². The SMILES string of the molecule is CC(CCl)CCCNC(=O)c1ccc(Br)c(C(F)(F)F)c1. The van der Waals surface area contributed by atoms with Gasteiger partial charge in [0, 0.05) is 22.5 Å². The van der Waals surface area contributed by atoms with E-state index in [1.807, 2.05) is 6.92 Å². The highest BCUT2D eigenvalue weighted by atomic mass is 79.9. The van der Waals surface area contributed by atoms with Gasteiger partial charge in [-0.3, -0.25) is 4.79 Å². The molecule has 1 aromatic carbocycles. The van der Waals surface area contributed by atoms with E-state index in [2.05, 4.69) is 21.2 Å². The van der Waals surface area contributed by atoms with Crippen LogP contribution in [-0.4, -0.2) is 18.3 Å². The summed E-state index contributed by atoms with van der Waals surface area (Å²) in [6.45, 7) is 2.41. The van der Waals surface area contributed by atoms with Gasteiger partial charge >= 0.3 is 6.18 Å². The number of amides is 1. The Labute approximate surface area is 135 Å². The number of carbonyl (C=O) groups is 1. The van der Waals surface area contributed by atoms with Gasteiger partial charge in [-0.2, -0.15) is 13.2 Å². The Hall–Kier alpha value is -0.750. The van der Waals surface area contributed by atoms with Crippen molar-refractivity contribution in [3.05, 3.63) is 33.8 Å². The summed E-state index contributed by atoms with van der Waals surface area (Å²) in [5.74, 6) is 0.398. The predicted octanol–water partition coefficient (Wildman–Crippen LogP) is 4.85. The van der Waals surface area contributed by atoms with Crippen molar-refractivity contribution in [2.75, 3.05) is 12.4 Å². The Kier molecular flexibility index (Phi) is 7.00. The maximum atomic E-state index is 12.8. The lowest BCUT2D eigenvalue weighted by Gasteiger charge is -2.12. The van der Waals surface area contributed by atoms with E-state index in [9.17, 15) is 18.0 Å². The number of hydrogen-bond donors (Lipinski definition) is 1. The third-order valence-electron chi connectivity index (χ3n) is 2.96. The van der Waals surface area contributed by atoms with Gasteiger partial charge in [-0.25, -0.2) is 0 Å². The standard InChI is InChI=1S/C14H16BrClF3NO/c1-9(8-16)3-2-6-20-13(21)10-4-5-12(15)11(7-10)14(17,18)19/h4-5,7,9H,2-3,6,8H2,1H3,(H,20,21). The summed E-state index contributed by atoms with van der Waals surface area (Å²) in [6.07, 6.45) is -2.90. The summed E-state index contributed by atoms with van der Waals surface area (Å²) >= 11 is 8.50. The first-order valence-corrected chi connectivity index (χ1v) is 7.79. The number of rotatable bonds is 6. The molecule has 0 saturated heterocycles. The van der Waals surface area contributed by atoms with Crippen LogP contribution in [0.25, 0.3) is 0 Å². The van der Waals surface area contributed by atoms with Gasteiger partial charge in [0.25, 0.3) is 5.91 Å². The molecule has 0 saturated carbocycles. The molecule has 1 atom stereocenters. The molecular weight excluding hydrogens is 371 g/mol. The quantitative estimate of drug-likeness (QED) is 0.549. The number of halogens is 5. The average molecular weight is 387 g/mol. The van der Waals surface area contributed by atoms with E-state index in [-0.39, 0.29) is 10.0 Å². The number of alkyl halides is 4. The van der Waals surface area contributed by atoms with Crippen molar-refractivity contribution in [3.63, 3.8) is 0 Å². The van der Waals surface area contributed by atoms with Crippen molar-refractivity contribution in [2.24, 2.45) is 5.92 Å². The number of hydrogen-bond acceptors (Lipinski definition) is 1. The number of carbonyl (C=O) groups excluding carboxylic acids is 1. The van der Waals surface area contributed by atoms with Crippen molar-refractivity contribution in [3.8, 4) is 0 Å². The summed E-state index contributed by atoms with van der Waals surface area (Å²) in [5.41, 5.74) is -0.859. The largest absolute Gasteiger partial charge is 0.417 e.